The molecule has 0 fully saturated rings. The number of H-pyrrole nitrogens is 1. The van der Waals surface area contributed by atoms with Crippen LogP contribution in [0.1, 0.15) is 18.1 Å². The van der Waals surface area contributed by atoms with Crippen LogP contribution < -0.4 is 14.2 Å². The molecule has 0 bridgehead atoms. The van der Waals surface area contributed by atoms with Gasteiger partial charge in [-0.2, -0.15) is 0 Å². The smallest absolute Gasteiger partial charge is 0.497 e. The predicted octanol–water partition coefficient (Wildman–Crippen LogP) is 5.94. The number of aliphatic hydroxyl groups excluding tert-OH is 1. The zero-order valence-corrected chi connectivity index (χ0v) is 20.9. The number of aryl methyl sites for hydroxylation is 1. The lowest BCUT2D eigenvalue weighted by molar-refractivity contribution is 0.103. The molecule has 0 amide bonds. The van der Waals surface area contributed by atoms with Crippen LogP contribution in [0.4, 0.5) is 4.79 Å². The fourth-order valence-electron chi connectivity index (χ4n) is 4.62. The molecule has 0 unspecified atom stereocenters. The number of hydrogen-bond acceptors (Lipinski definition) is 6. The van der Waals surface area contributed by atoms with Crippen molar-refractivity contribution >= 4 is 28.1 Å². The van der Waals surface area contributed by atoms with Crippen molar-refractivity contribution in [3.8, 4) is 28.5 Å². The number of nitrogens with zero attached hydrogens (tertiary/aromatic N) is 1. The Morgan fingerprint density at radius 3 is 2.54 bits per heavy atom. The third-order valence-corrected chi connectivity index (χ3v) is 6.39. The molecule has 8 heteroatoms. The number of aliphatic hydroxyl groups is 1. The molecule has 0 aliphatic rings. The Morgan fingerprint density at radius 2 is 1.78 bits per heavy atom. The molecule has 190 valence electrons. The molecule has 3 aromatic carbocycles. The fraction of sp³-hybridized carbons (Fsp3) is 0.207. The number of nitrogens with one attached hydrogen (secondary N) is 1. The van der Waals surface area contributed by atoms with Gasteiger partial charge in [0.2, 0.25) is 5.88 Å². The van der Waals surface area contributed by atoms with Gasteiger partial charge in [0.15, 0.2) is 0 Å². The van der Waals surface area contributed by atoms with Gasteiger partial charge >= 0.3 is 6.16 Å². The lowest BCUT2D eigenvalue weighted by Gasteiger charge is -2.15. The molecule has 0 atom stereocenters. The molecule has 2 heterocycles. The average molecular weight is 501 g/mol. The van der Waals surface area contributed by atoms with Crippen LogP contribution in [0.25, 0.3) is 33.1 Å². The van der Waals surface area contributed by atoms with Gasteiger partial charge in [0.05, 0.1) is 42.4 Å². The van der Waals surface area contributed by atoms with E-state index in [1.54, 1.807) is 20.1 Å². The van der Waals surface area contributed by atoms with E-state index in [1.165, 1.54) is 0 Å². The van der Waals surface area contributed by atoms with E-state index in [2.05, 4.69) is 9.55 Å². The first-order chi connectivity index (χ1) is 18.0. The Morgan fingerprint density at radius 1 is 1.03 bits per heavy atom. The number of aromatic nitrogens is 2. The Labute approximate surface area is 214 Å². The fourth-order valence-corrected chi connectivity index (χ4v) is 4.62. The molecule has 2 N–H and O–H groups in total. The van der Waals surface area contributed by atoms with Crippen LogP contribution in [-0.2, 0) is 25.0 Å². The number of ether oxygens (including phenoxy) is 4. The highest BCUT2D eigenvalue weighted by Gasteiger charge is 2.26. The third-order valence-electron chi connectivity index (χ3n) is 6.39. The summed E-state index contributed by atoms with van der Waals surface area (Å²) in [4.78, 5) is 15.7. The van der Waals surface area contributed by atoms with Crippen molar-refractivity contribution in [1.29, 1.82) is 0 Å². The standard InChI is InChI=1S/C29H28N2O6/c1-4-35-29(33)37-28-25(27-26(30-28)21-11-7-8-12-23(21)31(27)2)22-14-13-20(34-3)15-24(22)36-17-19-10-6-5-9-18(19)16-32/h5-15,30,32H,4,16-17H2,1-3H3. The number of hydrogen-bond donors (Lipinski definition) is 2. The largest absolute Gasteiger partial charge is 0.515 e. The van der Waals surface area contributed by atoms with Gasteiger partial charge in [0, 0.05) is 24.1 Å². The van der Waals surface area contributed by atoms with E-state index in [4.69, 9.17) is 18.9 Å². The molecule has 2 aromatic heterocycles. The number of aromatic amines is 1. The van der Waals surface area contributed by atoms with E-state index < -0.39 is 6.16 Å². The maximum Gasteiger partial charge on any atom is 0.515 e. The van der Waals surface area contributed by atoms with Crippen LogP contribution in [-0.4, -0.2) is 34.5 Å². The molecule has 0 aliphatic heterocycles. The van der Waals surface area contributed by atoms with Crippen LogP contribution in [0.3, 0.4) is 0 Å². The molecule has 8 nitrogen and oxygen atoms in total. The van der Waals surface area contributed by atoms with Gasteiger partial charge in [-0.1, -0.05) is 42.5 Å². The Hall–Kier alpha value is -4.43. The summed E-state index contributed by atoms with van der Waals surface area (Å²) < 4.78 is 24.6. The van der Waals surface area contributed by atoms with Crippen LogP contribution in [0.5, 0.6) is 17.4 Å². The number of benzene rings is 3. The van der Waals surface area contributed by atoms with Crippen molar-refractivity contribution in [3.05, 3.63) is 77.9 Å². The zero-order chi connectivity index (χ0) is 25.9. The highest BCUT2D eigenvalue weighted by molar-refractivity contribution is 6.13. The first-order valence-electron chi connectivity index (χ1n) is 12.0. The zero-order valence-electron chi connectivity index (χ0n) is 20.9. The summed E-state index contributed by atoms with van der Waals surface area (Å²) in [5.74, 6) is 1.41. The van der Waals surface area contributed by atoms with Gasteiger partial charge in [-0.15, -0.1) is 0 Å². The monoisotopic (exact) mass is 500 g/mol. The van der Waals surface area contributed by atoms with Crippen molar-refractivity contribution in [3.63, 3.8) is 0 Å². The first kappa shape index (κ1) is 24.3. The lowest BCUT2D eigenvalue weighted by atomic mass is 10.1. The van der Waals surface area contributed by atoms with Crippen LogP contribution in [0.2, 0.25) is 0 Å². The van der Waals surface area contributed by atoms with Gasteiger partial charge in [0.1, 0.15) is 18.1 Å². The van der Waals surface area contributed by atoms with Crippen molar-refractivity contribution in [1.82, 2.24) is 9.55 Å². The summed E-state index contributed by atoms with van der Waals surface area (Å²) in [6.45, 7) is 2.06. The van der Waals surface area contributed by atoms with Crippen molar-refractivity contribution < 1.29 is 28.8 Å². The minimum absolute atomic E-state index is 0.0869. The van der Waals surface area contributed by atoms with Crippen molar-refractivity contribution in [2.75, 3.05) is 13.7 Å². The molecule has 5 rings (SSSR count). The molecule has 5 aromatic rings. The van der Waals surface area contributed by atoms with E-state index >= 15 is 0 Å². The number of carbonyl (C=O) groups excluding carboxylic acids is 1. The topological polar surface area (TPSA) is 94.9 Å². The minimum Gasteiger partial charge on any atom is -0.497 e. The Kier molecular flexibility index (Phi) is 6.74. The van der Waals surface area contributed by atoms with Gasteiger partial charge in [0.25, 0.3) is 0 Å². The molecular formula is C29H28N2O6. The van der Waals surface area contributed by atoms with E-state index in [0.29, 0.717) is 22.6 Å². The molecule has 0 radical (unpaired) electrons. The maximum atomic E-state index is 12.4. The molecular weight excluding hydrogens is 472 g/mol. The normalized spacial score (nSPS) is 11.1. The minimum atomic E-state index is -0.799. The summed E-state index contributed by atoms with van der Waals surface area (Å²) in [6, 6.07) is 21.1. The summed E-state index contributed by atoms with van der Waals surface area (Å²) in [6.07, 6.45) is -0.799. The van der Waals surface area contributed by atoms with Gasteiger partial charge in [-0.05, 0) is 36.2 Å². The van der Waals surface area contributed by atoms with Gasteiger partial charge in [-0.25, -0.2) is 4.79 Å². The van der Waals surface area contributed by atoms with Gasteiger partial charge < -0.3 is 33.6 Å². The quantitative estimate of drug-likeness (QED) is 0.256. The number of carbonyl (C=O) groups is 1. The molecule has 0 saturated heterocycles. The van der Waals surface area contributed by atoms with Crippen LogP contribution >= 0.6 is 0 Å². The highest BCUT2D eigenvalue weighted by Crippen LogP contribution is 2.46. The summed E-state index contributed by atoms with van der Waals surface area (Å²) in [7, 11) is 3.56. The lowest BCUT2D eigenvalue weighted by Crippen LogP contribution is -2.11. The van der Waals surface area contributed by atoms with Gasteiger partial charge in [-0.3, -0.25) is 0 Å². The van der Waals surface area contributed by atoms with E-state index in [1.807, 2.05) is 67.7 Å². The summed E-state index contributed by atoms with van der Waals surface area (Å²) in [5.41, 5.74) is 5.74. The maximum absolute atomic E-state index is 12.4. The third kappa shape index (κ3) is 4.47. The van der Waals surface area contributed by atoms with E-state index in [9.17, 15) is 9.90 Å². The number of methoxy groups -OCH3 is 1. The summed E-state index contributed by atoms with van der Waals surface area (Å²) >= 11 is 0. The average Bonchev–Trinajstić information content (AvgIpc) is 3.42. The number of rotatable bonds is 8. The van der Waals surface area contributed by atoms with E-state index in [-0.39, 0.29) is 25.7 Å². The second-order valence-electron chi connectivity index (χ2n) is 8.49. The number of fused-ring (bicyclic) bond motifs is 3. The second-order valence-corrected chi connectivity index (χ2v) is 8.49. The van der Waals surface area contributed by atoms with Crippen molar-refractivity contribution in [2.24, 2.45) is 7.05 Å². The highest BCUT2D eigenvalue weighted by atomic mass is 16.7. The van der Waals surface area contributed by atoms with Crippen molar-refractivity contribution in [2.45, 2.75) is 20.1 Å². The van der Waals surface area contributed by atoms with Crippen LogP contribution in [0, 0.1) is 0 Å². The summed E-state index contributed by atoms with van der Waals surface area (Å²) in [5, 5.41) is 10.7. The van der Waals surface area contributed by atoms with E-state index in [0.717, 1.165) is 33.1 Å². The second kappa shape index (κ2) is 10.3. The Balaban J connectivity index is 1.69. The van der Waals surface area contributed by atoms with Crippen LogP contribution in [0.15, 0.2) is 66.7 Å². The number of para-hydroxylation sites is 1. The molecule has 0 saturated carbocycles. The SMILES string of the molecule is CCOC(=O)Oc1[nH]c2c3ccccc3n(C)c2c1-c1ccc(OC)cc1OCc1ccccc1CO. The first-order valence-corrected chi connectivity index (χ1v) is 12.0. The molecule has 37 heavy (non-hydrogen) atoms. The molecule has 0 spiro atoms. The predicted molar refractivity (Wildman–Crippen MR) is 141 cm³/mol. The Bertz CT molecular complexity index is 1580. The molecule has 0 aliphatic carbocycles.